The first-order valence-electron chi connectivity index (χ1n) is 15.0. The van der Waals surface area contributed by atoms with Gasteiger partial charge in [-0.25, -0.2) is 13.6 Å². The van der Waals surface area contributed by atoms with Gasteiger partial charge in [0.1, 0.15) is 5.60 Å². The van der Waals surface area contributed by atoms with Crippen LogP contribution in [0.1, 0.15) is 43.1 Å². The van der Waals surface area contributed by atoms with Crippen LogP contribution in [0.2, 0.25) is 5.02 Å². The number of hydrogen-bond donors (Lipinski definition) is 2. The molecule has 0 aliphatic carbocycles. The van der Waals surface area contributed by atoms with Gasteiger partial charge in [-0.15, -0.1) is 0 Å². The predicted molar refractivity (Wildman–Crippen MR) is 164 cm³/mol. The molecule has 2 aromatic carbocycles. The molecule has 1 atom stereocenters. The molecule has 4 rings (SSSR count). The number of carbonyl (C=O) groups is 3. The Hall–Kier alpha value is -3.69. The van der Waals surface area contributed by atoms with E-state index in [4.69, 9.17) is 21.1 Å². The number of benzene rings is 2. The average molecular weight is 690 g/mol. The summed E-state index contributed by atoms with van der Waals surface area (Å²) in [6.45, 7) is 6.24. The van der Waals surface area contributed by atoms with E-state index in [2.05, 4.69) is 10.6 Å². The zero-order chi connectivity index (χ0) is 34.5. The first-order chi connectivity index (χ1) is 22.0. The lowest BCUT2D eigenvalue weighted by atomic mass is 10.1. The zero-order valence-corrected chi connectivity index (χ0v) is 26.9. The van der Waals surface area contributed by atoms with Gasteiger partial charge in [-0.05, 0) is 45.0 Å². The van der Waals surface area contributed by atoms with Crippen LogP contribution in [0.5, 0.6) is 0 Å². The Morgan fingerprint density at radius 1 is 1.00 bits per heavy atom. The Balaban J connectivity index is 1.37. The van der Waals surface area contributed by atoms with Gasteiger partial charge in [0, 0.05) is 56.4 Å². The van der Waals surface area contributed by atoms with Crippen LogP contribution in [-0.4, -0.2) is 98.0 Å². The van der Waals surface area contributed by atoms with E-state index in [1.54, 1.807) is 31.7 Å². The molecule has 47 heavy (non-hydrogen) atoms. The average Bonchev–Trinajstić information content (AvgIpc) is 3.00. The number of amides is 3. The van der Waals surface area contributed by atoms with Gasteiger partial charge in [-0.3, -0.25) is 14.5 Å². The van der Waals surface area contributed by atoms with Crippen molar-refractivity contribution in [1.82, 2.24) is 15.1 Å². The van der Waals surface area contributed by atoms with E-state index in [-0.39, 0.29) is 37.5 Å². The highest BCUT2D eigenvalue weighted by Gasteiger charge is 2.32. The third-order valence-corrected chi connectivity index (χ3v) is 7.74. The number of nitrogens with one attached hydrogen (secondary N) is 2. The summed E-state index contributed by atoms with van der Waals surface area (Å²) in [4.78, 5) is 43.0. The predicted octanol–water partition coefficient (Wildman–Crippen LogP) is 5.20. The summed E-state index contributed by atoms with van der Waals surface area (Å²) in [6.07, 6.45) is -6.82. The molecule has 16 heteroatoms. The van der Waals surface area contributed by atoms with Gasteiger partial charge in [0.05, 0.1) is 36.5 Å². The summed E-state index contributed by atoms with van der Waals surface area (Å²) < 4.78 is 78.9. The topological polar surface area (TPSA) is 103 Å². The van der Waals surface area contributed by atoms with E-state index in [1.165, 1.54) is 23.1 Å². The van der Waals surface area contributed by atoms with Crippen LogP contribution in [0.3, 0.4) is 0 Å². The second-order valence-electron chi connectivity index (χ2n) is 12.2. The quantitative estimate of drug-likeness (QED) is 0.368. The van der Waals surface area contributed by atoms with Crippen molar-refractivity contribution in [2.45, 2.75) is 51.6 Å². The molecule has 2 heterocycles. The molecule has 0 bridgehead atoms. The van der Waals surface area contributed by atoms with Crippen LogP contribution in [0.4, 0.5) is 38.1 Å². The molecule has 3 amide bonds. The maximum Gasteiger partial charge on any atom is 0.410 e. The van der Waals surface area contributed by atoms with Crippen molar-refractivity contribution in [2.24, 2.45) is 0 Å². The minimum absolute atomic E-state index is 0.0810. The van der Waals surface area contributed by atoms with Crippen molar-refractivity contribution < 1.29 is 45.8 Å². The van der Waals surface area contributed by atoms with Gasteiger partial charge in [0.2, 0.25) is 0 Å². The lowest BCUT2D eigenvalue weighted by Gasteiger charge is -2.37. The molecule has 2 N–H and O–H groups in total. The molecule has 2 aromatic rings. The number of piperazine rings is 1. The maximum absolute atomic E-state index is 15.1. The zero-order valence-electron chi connectivity index (χ0n) is 26.2. The molecule has 2 fully saturated rings. The molecule has 1 unspecified atom stereocenters. The Morgan fingerprint density at radius 3 is 2.36 bits per heavy atom. The number of ether oxygens (including phenoxy) is 2. The van der Waals surface area contributed by atoms with E-state index in [1.807, 2.05) is 4.90 Å². The molecular weight excluding hydrogens is 653 g/mol. The molecule has 2 aliphatic rings. The van der Waals surface area contributed by atoms with Gasteiger partial charge in [-0.2, -0.15) is 13.2 Å². The van der Waals surface area contributed by atoms with Crippen LogP contribution in [0, 0.1) is 11.6 Å². The number of alkyl halides is 3. The number of morpholine rings is 1. The van der Waals surface area contributed by atoms with Crippen molar-refractivity contribution in [3.63, 3.8) is 0 Å². The highest BCUT2D eigenvalue weighted by atomic mass is 35.5. The van der Waals surface area contributed by atoms with Crippen molar-refractivity contribution in [3.05, 3.63) is 58.1 Å². The van der Waals surface area contributed by atoms with Crippen molar-refractivity contribution in [1.29, 1.82) is 0 Å². The minimum atomic E-state index is -4.25. The second kappa shape index (κ2) is 15.0. The molecular formula is C31H37ClF5N5O5. The van der Waals surface area contributed by atoms with Gasteiger partial charge < -0.3 is 29.9 Å². The molecule has 0 radical (unpaired) electrons. The number of hydrogen-bond acceptors (Lipinski definition) is 7. The standard InChI is InChI=1S/C31H37ClF5N5O5/c1-30(2,3)47-29(45)42-14-15-46-24(18-42)28(44)38-17-19-4-6-21(26(34)25(19)33)27(43)39-22-7-5-20(32)16-23(22)41-12-10-40(11-13-41)9-8-31(35,36)37/h4-7,16,24H,8-15,17-18H2,1-3H3,(H,38,44)(H,39,43). The van der Waals surface area contributed by atoms with Crippen LogP contribution in [-0.2, 0) is 20.8 Å². The molecule has 2 aliphatic heterocycles. The smallest absolute Gasteiger partial charge is 0.410 e. The van der Waals surface area contributed by atoms with Crippen LogP contribution in [0.15, 0.2) is 30.3 Å². The first kappa shape index (κ1) is 36.2. The monoisotopic (exact) mass is 689 g/mol. The van der Waals surface area contributed by atoms with Crippen molar-refractivity contribution >= 4 is 40.9 Å². The molecule has 0 spiro atoms. The largest absolute Gasteiger partial charge is 0.444 e. The van der Waals surface area contributed by atoms with Gasteiger partial charge in [-0.1, -0.05) is 17.7 Å². The van der Waals surface area contributed by atoms with Crippen LogP contribution in [0.25, 0.3) is 0 Å². The van der Waals surface area contributed by atoms with Crippen LogP contribution >= 0.6 is 11.6 Å². The number of anilines is 2. The Labute approximate surface area is 274 Å². The van der Waals surface area contributed by atoms with Gasteiger partial charge in [0.25, 0.3) is 11.8 Å². The number of carbonyl (C=O) groups excluding carboxylic acids is 3. The summed E-state index contributed by atoms with van der Waals surface area (Å²) in [5.74, 6) is -4.34. The van der Waals surface area contributed by atoms with E-state index in [0.29, 0.717) is 36.9 Å². The third-order valence-electron chi connectivity index (χ3n) is 7.50. The SMILES string of the molecule is CC(C)(C)OC(=O)N1CCOC(C(=O)NCc2ccc(C(=O)Nc3ccc(Cl)cc3N3CCN(CCC(F)(F)F)CC3)c(F)c2F)C1. The summed E-state index contributed by atoms with van der Waals surface area (Å²) in [6, 6.07) is 6.84. The number of nitrogens with zero attached hydrogens (tertiary/aromatic N) is 3. The summed E-state index contributed by atoms with van der Waals surface area (Å²) in [5, 5.41) is 5.40. The first-order valence-corrected chi connectivity index (χ1v) is 15.4. The fourth-order valence-electron chi connectivity index (χ4n) is 5.06. The summed E-state index contributed by atoms with van der Waals surface area (Å²) in [7, 11) is 0. The fourth-order valence-corrected chi connectivity index (χ4v) is 5.22. The number of halogens is 6. The molecule has 10 nitrogen and oxygen atoms in total. The van der Waals surface area contributed by atoms with E-state index >= 15 is 8.78 Å². The fraction of sp³-hybridized carbons (Fsp3) is 0.516. The summed E-state index contributed by atoms with van der Waals surface area (Å²) in [5.41, 5.74) is -0.791. The third kappa shape index (κ3) is 10.1. The van der Waals surface area contributed by atoms with Crippen molar-refractivity contribution in [2.75, 3.05) is 62.6 Å². The summed E-state index contributed by atoms with van der Waals surface area (Å²) >= 11 is 6.18. The normalized spacial score (nSPS) is 17.8. The highest BCUT2D eigenvalue weighted by Crippen LogP contribution is 2.31. The highest BCUT2D eigenvalue weighted by molar-refractivity contribution is 6.31. The van der Waals surface area contributed by atoms with Gasteiger partial charge in [0.15, 0.2) is 17.7 Å². The van der Waals surface area contributed by atoms with E-state index < -0.39 is 66.0 Å². The van der Waals surface area contributed by atoms with Gasteiger partial charge >= 0.3 is 12.3 Å². The second-order valence-corrected chi connectivity index (χ2v) is 12.6. The van der Waals surface area contributed by atoms with E-state index in [0.717, 1.165) is 6.07 Å². The molecule has 258 valence electrons. The maximum atomic E-state index is 15.1. The lowest BCUT2D eigenvalue weighted by Crippen LogP contribution is -2.52. The minimum Gasteiger partial charge on any atom is -0.444 e. The van der Waals surface area contributed by atoms with Crippen LogP contribution < -0.4 is 15.5 Å². The number of rotatable bonds is 8. The Kier molecular flexibility index (Phi) is 11.6. The Morgan fingerprint density at radius 2 is 1.70 bits per heavy atom. The Bertz CT molecular complexity index is 1460. The molecule has 0 saturated carbocycles. The van der Waals surface area contributed by atoms with E-state index in [9.17, 15) is 27.6 Å². The lowest BCUT2D eigenvalue weighted by molar-refractivity contribution is -0.138. The molecule has 2 saturated heterocycles. The molecule has 0 aromatic heterocycles. The van der Waals surface area contributed by atoms with Crippen molar-refractivity contribution in [3.8, 4) is 0 Å².